The third-order valence-corrected chi connectivity index (χ3v) is 9.84. The van der Waals surface area contributed by atoms with Gasteiger partial charge in [0.15, 0.2) is 6.10 Å². The molecule has 0 aromatic rings. The Labute approximate surface area is 374 Å². The third kappa shape index (κ3) is 47.0. The van der Waals surface area contributed by atoms with Crippen molar-refractivity contribution in [3.8, 4) is 0 Å². The van der Waals surface area contributed by atoms with Crippen molar-refractivity contribution < 1.29 is 28.6 Å². The fraction of sp³-hybridized carbons (Fsp3) is 0.618. The van der Waals surface area contributed by atoms with Crippen LogP contribution in [0.2, 0.25) is 0 Å². The molecule has 0 heterocycles. The third-order valence-electron chi connectivity index (χ3n) is 9.84. The highest BCUT2D eigenvalue weighted by Gasteiger charge is 2.19. The predicted molar refractivity (Wildman–Crippen MR) is 260 cm³/mol. The summed E-state index contributed by atoms with van der Waals surface area (Å²) in [6.45, 7) is 6.34. The lowest BCUT2D eigenvalue weighted by Gasteiger charge is -2.18. The van der Waals surface area contributed by atoms with Crippen molar-refractivity contribution >= 4 is 17.9 Å². The second-order valence-electron chi connectivity index (χ2n) is 15.7. The maximum atomic E-state index is 12.7. The summed E-state index contributed by atoms with van der Waals surface area (Å²) in [4.78, 5) is 37.8. The van der Waals surface area contributed by atoms with Gasteiger partial charge in [0.2, 0.25) is 0 Å². The van der Waals surface area contributed by atoms with Crippen LogP contribution >= 0.6 is 0 Å². The molecule has 0 saturated carbocycles. The standard InChI is InChI=1S/C55H88O6/c1-4-7-10-13-16-19-22-25-26-27-28-29-31-33-36-39-42-45-48-54(57)60-51-52(50-59-53(56)47-44-41-38-35-32-24-21-18-15-12-9-6-3)61-55(58)49-46-43-40-37-34-30-23-20-17-14-11-8-5-2/h9,12,16,18-19,21-22,25-30,32,34-35,40,43,52H,4-8,10-11,13-15,17,20,23-24,31,33,36-39,41-42,44-51H2,1-3H3/b12-9-,19-16-,21-18-,25-22-,27-26-,29-28-,34-30-,35-32-,43-40-. The maximum absolute atomic E-state index is 12.7. The van der Waals surface area contributed by atoms with Gasteiger partial charge in [-0.2, -0.15) is 0 Å². The van der Waals surface area contributed by atoms with Gasteiger partial charge >= 0.3 is 17.9 Å². The number of ether oxygens (including phenoxy) is 3. The summed E-state index contributed by atoms with van der Waals surface area (Å²) >= 11 is 0. The number of hydrogen-bond acceptors (Lipinski definition) is 6. The Balaban J connectivity index is 4.55. The van der Waals surface area contributed by atoms with Gasteiger partial charge in [-0.1, -0.05) is 194 Å². The van der Waals surface area contributed by atoms with Crippen molar-refractivity contribution in [2.24, 2.45) is 0 Å². The molecule has 0 aromatic heterocycles. The molecule has 0 aliphatic heterocycles. The van der Waals surface area contributed by atoms with Gasteiger partial charge < -0.3 is 14.2 Å². The number of carbonyl (C=O) groups is 3. The molecule has 0 N–H and O–H groups in total. The monoisotopic (exact) mass is 845 g/mol. The number of allylic oxidation sites excluding steroid dienone is 18. The van der Waals surface area contributed by atoms with Crippen LogP contribution in [0.1, 0.15) is 201 Å². The summed E-state index contributed by atoms with van der Waals surface area (Å²) in [5, 5.41) is 0. The molecular weight excluding hydrogens is 757 g/mol. The molecule has 0 saturated heterocycles. The van der Waals surface area contributed by atoms with Crippen LogP contribution in [-0.2, 0) is 28.6 Å². The minimum Gasteiger partial charge on any atom is -0.462 e. The second-order valence-corrected chi connectivity index (χ2v) is 15.7. The zero-order valence-electron chi connectivity index (χ0n) is 39.1. The largest absolute Gasteiger partial charge is 0.462 e. The Bertz CT molecular complexity index is 1290. The number of hydrogen-bond donors (Lipinski definition) is 0. The summed E-state index contributed by atoms with van der Waals surface area (Å²) in [6, 6.07) is 0. The van der Waals surface area contributed by atoms with Crippen molar-refractivity contribution in [3.05, 3.63) is 109 Å². The zero-order chi connectivity index (χ0) is 44.4. The Morgan fingerprint density at radius 3 is 1.28 bits per heavy atom. The first-order valence-corrected chi connectivity index (χ1v) is 24.4. The summed E-state index contributed by atoms with van der Waals surface area (Å²) in [5.41, 5.74) is 0. The zero-order valence-corrected chi connectivity index (χ0v) is 39.1. The lowest BCUT2D eigenvalue weighted by molar-refractivity contribution is -0.166. The molecule has 0 spiro atoms. The molecule has 0 aromatic carbocycles. The van der Waals surface area contributed by atoms with Crippen LogP contribution in [-0.4, -0.2) is 37.2 Å². The molecule has 1 unspecified atom stereocenters. The van der Waals surface area contributed by atoms with Crippen LogP contribution in [0.25, 0.3) is 0 Å². The molecule has 1 atom stereocenters. The van der Waals surface area contributed by atoms with Gasteiger partial charge in [0.1, 0.15) is 13.2 Å². The Hall–Kier alpha value is -3.93. The van der Waals surface area contributed by atoms with Crippen LogP contribution in [0.15, 0.2) is 109 Å². The van der Waals surface area contributed by atoms with Gasteiger partial charge in [0.05, 0.1) is 0 Å². The van der Waals surface area contributed by atoms with E-state index in [0.29, 0.717) is 25.7 Å². The number of carbonyl (C=O) groups excluding carboxylic acids is 3. The van der Waals surface area contributed by atoms with Crippen LogP contribution in [0.4, 0.5) is 0 Å². The van der Waals surface area contributed by atoms with Gasteiger partial charge in [0.25, 0.3) is 0 Å². The summed E-state index contributed by atoms with van der Waals surface area (Å²) < 4.78 is 16.6. The molecule has 344 valence electrons. The Morgan fingerprint density at radius 2 is 0.738 bits per heavy atom. The molecule has 0 radical (unpaired) electrons. The van der Waals surface area contributed by atoms with Gasteiger partial charge in [0, 0.05) is 19.3 Å². The van der Waals surface area contributed by atoms with E-state index in [1.165, 1.54) is 57.8 Å². The second kappa shape index (κ2) is 48.7. The molecule has 61 heavy (non-hydrogen) atoms. The summed E-state index contributed by atoms with van der Waals surface area (Å²) in [5.74, 6) is -1.07. The van der Waals surface area contributed by atoms with Crippen molar-refractivity contribution in [1.82, 2.24) is 0 Å². The highest BCUT2D eigenvalue weighted by molar-refractivity contribution is 5.71. The fourth-order valence-electron chi connectivity index (χ4n) is 6.17. The first-order chi connectivity index (χ1) is 30.0. The lowest BCUT2D eigenvalue weighted by atomic mass is 10.1. The van der Waals surface area contributed by atoms with Crippen molar-refractivity contribution in [2.45, 2.75) is 207 Å². The van der Waals surface area contributed by atoms with E-state index in [1.54, 1.807) is 0 Å². The fourth-order valence-corrected chi connectivity index (χ4v) is 6.17. The lowest BCUT2D eigenvalue weighted by Crippen LogP contribution is -2.30. The molecule has 6 heteroatoms. The average molecular weight is 845 g/mol. The van der Waals surface area contributed by atoms with Gasteiger partial charge in [-0.3, -0.25) is 14.4 Å². The SMILES string of the molecule is CC/C=C\C/C=C\C/C=C\CCCCC(=O)OCC(COC(=O)CCCCCCC\C=C/C=C\C=C/C=C\CCCCC)OC(=O)CC/C=C\C/C=C\CCCCCCCC. The smallest absolute Gasteiger partial charge is 0.306 e. The van der Waals surface area contributed by atoms with E-state index in [4.69, 9.17) is 14.2 Å². The average Bonchev–Trinajstić information content (AvgIpc) is 3.26. The van der Waals surface area contributed by atoms with Crippen molar-refractivity contribution in [2.75, 3.05) is 13.2 Å². The van der Waals surface area contributed by atoms with Crippen LogP contribution in [0.5, 0.6) is 0 Å². The highest BCUT2D eigenvalue weighted by atomic mass is 16.6. The molecule has 0 aliphatic carbocycles. The van der Waals surface area contributed by atoms with E-state index in [1.807, 2.05) is 6.08 Å². The Morgan fingerprint density at radius 1 is 0.361 bits per heavy atom. The van der Waals surface area contributed by atoms with Gasteiger partial charge in [-0.15, -0.1) is 0 Å². The Kier molecular flexibility index (Phi) is 45.6. The molecule has 0 fully saturated rings. The van der Waals surface area contributed by atoms with E-state index in [0.717, 1.165) is 89.9 Å². The van der Waals surface area contributed by atoms with E-state index < -0.39 is 12.1 Å². The quantitative estimate of drug-likeness (QED) is 0.0200. The van der Waals surface area contributed by atoms with Crippen molar-refractivity contribution in [3.63, 3.8) is 0 Å². The molecule has 0 aliphatic rings. The van der Waals surface area contributed by atoms with E-state index in [9.17, 15) is 14.4 Å². The molecule has 0 rings (SSSR count). The van der Waals surface area contributed by atoms with Crippen LogP contribution in [0.3, 0.4) is 0 Å². The molecular formula is C55H88O6. The first kappa shape index (κ1) is 57.1. The summed E-state index contributed by atoms with van der Waals surface area (Å²) in [6.07, 6.45) is 65.1. The van der Waals surface area contributed by atoms with Gasteiger partial charge in [-0.25, -0.2) is 0 Å². The number of esters is 3. The minimum absolute atomic E-state index is 0.127. The topological polar surface area (TPSA) is 78.9 Å². The van der Waals surface area contributed by atoms with E-state index in [-0.39, 0.29) is 31.6 Å². The molecule has 0 bridgehead atoms. The van der Waals surface area contributed by atoms with Crippen LogP contribution in [0, 0.1) is 0 Å². The maximum Gasteiger partial charge on any atom is 0.306 e. The predicted octanol–water partition coefficient (Wildman–Crippen LogP) is 16.0. The number of rotatable bonds is 42. The van der Waals surface area contributed by atoms with Crippen molar-refractivity contribution in [1.29, 1.82) is 0 Å². The molecule has 6 nitrogen and oxygen atoms in total. The number of unbranched alkanes of at least 4 members (excludes halogenated alkanes) is 16. The van der Waals surface area contributed by atoms with E-state index in [2.05, 4.69) is 124 Å². The normalized spacial score (nSPS) is 13.0. The van der Waals surface area contributed by atoms with Crippen LogP contribution < -0.4 is 0 Å². The summed E-state index contributed by atoms with van der Waals surface area (Å²) in [7, 11) is 0. The van der Waals surface area contributed by atoms with E-state index >= 15 is 0 Å². The first-order valence-electron chi connectivity index (χ1n) is 24.4. The highest BCUT2D eigenvalue weighted by Crippen LogP contribution is 2.11. The van der Waals surface area contributed by atoms with Gasteiger partial charge in [-0.05, 0) is 96.3 Å². The minimum atomic E-state index is -0.834. The molecule has 0 amide bonds.